The molecule has 0 aliphatic carbocycles. The molecule has 0 N–H and O–H groups in total. The van der Waals surface area contributed by atoms with Crippen molar-refractivity contribution in [1.82, 2.24) is 24.3 Å². The third kappa shape index (κ3) is 1.62. The van der Waals surface area contributed by atoms with Crippen LogP contribution >= 0.6 is 0 Å². The monoisotopic (exact) mass is 219 g/mol. The number of imidazole rings is 1. The van der Waals surface area contributed by atoms with Gasteiger partial charge in [-0.25, -0.2) is 4.98 Å². The Hall–Kier alpha value is -1.65. The molecular weight excluding hydrogens is 202 g/mol. The van der Waals surface area contributed by atoms with Crippen LogP contribution in [0.25, 0.3) is 11.6 Å². The fraction of sp³-hybridized carbons (Fsp3) is 0.545. The summed E-state index contributed by atoms with van der Waals surface area (Å²) in [6, 6.07) is 0. The van der Waals surface area contributed by atoms with Crippen LogP contribution in [0.4, 0.5) is 0 Å². The van der Waals surface area contributed by atoms with Crippen LogP contribution in [0.3, 0.4) is 0 Å². The van der Waals surface area contributed by atoms with Gasteiger partial charge in [0.1, 0.15) is 5.82 Å². The van der Waals surface area contributed by atoms with Gasteiger partial charge in [0.2, 0.25) is 0 Å². The lowest BCUT2D eigenvalue weighted by atomic mass is 9.96. The quantitative estimate of drug-likeness (QED) is 0.730. The maximum atomic E-state index is 4.28. The molecule has 0 fully saturated rings. The van der Waals surface area contributed by atoms with E-state index in [1.54, 1.807) is 6.20 Å². The highest BCUT2D eigenvalue weighted by molar-refractivity contribution is 5.44. The van der Waals surface area contributed by atoms with Crippen molar-refractivity contribution in [3.05, 3.63) is 18.2 Å². The fourth-order valence-electron chi connectivity index (χ4n) is 1.76. The lowest BCUT2D eigenvalue weighted by Crippen LogP contribution is -2.17. The molecule has 2 rings (SSSR count). The van der Waals surface area contributed by atoms with Gasteiger partial charge in [-0.2, -0.15) is 0 Å². The summed E-state index contributed by atoms with van der Waals surface area (Å²) < 4.78 is 3.94. The van der Waals surface area contributed by atoms with Gasteiger partial charge in [0, 0.05) is 31.9 Å². The summed E-state index contributed by atoms with van der Waals surface area (Å²) in [7, 11) is 3.93. The van der Waals surface area contributed by atoms with E-state index in [4.69, 9.17) is 0 Å². The van der Waals surface area contributed by atoms with E-state index in [-0.39, 0.29) is 5.41 Å². The molecule has 0 aliphatic heterocycles. The first kappa shape index (κ1) is 10.9. The van der Waals surface area contributed by atoms with Crippen LogP contribution < -0.4 is 0 Å². The van der Waals surface area contributed by atoms with E-state index in [0.717, 1.165) is 17.5 Å². The fourth-order valence-corrected chi connectivity index (χ4v) is 1.76. The summed E-state index contributed by atoms with van der Waals surface area (Å²) in [5.41, 5.74) is -0.00877. The van der Waals surface area contributed by atoms with Crippen LogP contribution in [-0.4, -0.2) is 24.3 Å². The van der Waals surface area contributed by atoms with Crippen molar-refractivity contribution in [2.75, 3.05) is 0 Å². The number of hydrogen-bond donors (Lipinski definition) is 0. The highest BCUT2D eigenvalue weighted by Gasteiger charge is 2.23. The van der Waals surface area contributed by atoms with Crippen molar-refractivity contribution >= 4 is 0 Å². The molecule has 5 heteroatoms. The van der Waals surface area contributed by atoms with Crippen LogP contribution in [0.5, 0.6) is 0 Å². The summed E-state index contributed by atoms with van der Waals surface area (Å²) >= 11 is 0. The normalized spacial score (nSPS) is 12.1. The first-order chi connectivity index (χ1) is 7.41. The maximum Gasteiger partial charge on any atom is 0.199 e. The minimum Gasteiger partial charge on any atom is -0.331 e. The number of hydrogen-bond acceptors (Lipinski definition) is 3. The van der Waals surface area contributed by atoms with Crippen molar-refractivity contribution in [1.29, 1.82) is 0 Å². The summed E-state index contributed by atoms with van der Waals surface area (Å²) in [6.07, 6.45) is 3.67. The standard InChI is InChI=1S/C11H17N5/c1-11(2,3)10-14-13-9(16(10)5)8-12-6-7-15(8)4/h6-7H,1-5H3. The van der Waals surface area contributed by atoms with Gasteiger partial charge in [-0.05, 0) is 0 Å². The number of aryl methyl sites for hydroxylation is 1. The summed E-state index contributed by atoms with van der Waals surface area (Å²) in [5.74, 6) is 2.61. The van der Waals surface area contributed by atoms with Crippen LogP contribution in [0.15, 0.2) is 12.4 Å². The Morgan fingerprint density at radius 3 is 2.19 bits per heavy atom. The topological polar surface area (TPSA) is 48.5 Å². The predicted octanol–water partition coefficient (Wildman–Crippen LogP) is 1.51. The van der Waals surface area contributed by atoms with Gasteiger partial charge in [0.15, 0.2) is 11.6 Å². The van der Waals surface area contributed by atoms with E-state index < -0.39 is 0 Å². The molecule has 0 aromatic carbocycles. The molecule has 0 saturated heterocycles. The highest BCUT2D eigenvalue weighted by Crippen LogP contribution is 2.23. The first-order valence-corrected chi connectivity index (χ1v) is 5.29. The molecule has 16 heavy (non-hydrogen) atoms. The Morgan fingerprint density at radius 1 is 1.06 bits per heavy atom. The minimum atomic E-state index is -0.00877. The van der Waals surface area contributed by atoms with E-state index in [9.17, 15) is 0 Å². The van der Waals surface area contributed by atoms with Gasteiger partial charge in [-0.3, -0.25) is 0 Å². The van der Waals surface area contributed by atoms with Crippen molar-refractivity contribution < 1.29 is 0 Å². The third-order valence-electron chi connectivity index (χ3n) is 2.57. The lowest BCUT2D eigenvalue weighted by Gasteiger charge is -2.16. The van der Waals surface area contributed by atoms with Crippen molar-refractivity contribution in [3.63, 3.8) is 0 Å². The van der Waals surface area contributed by atoms with Crippen LogP contribution in [0, 0.1) is 0 Å². The summed E-state index contributed by atoms with van der Waals surface area (Å²) in [6.45, 7) is 6.37. The summed E-state index contributed by atoms with van der Waals surface area (Å²) in [4.78, 5) is 4.28. The molecule has 2 aromatic rings. The molecule has 5 nitrogen and oxygen atoms in total. The van der Waals surface area contributed by atoms with E-state index in [1.807, 2.05) is 29.4 Å². The molecule has 0 bridgehead atoms. The second-order valence-electron chi connectivity index (χ2n) is 5.02. The zero-order valence-corrected chi connectivity index (χ0v) is 10.4. The SMILES string of the molecule is Cn1ccnc1-c1nnc(C(C)(C)C)n1C. The zero-order valence-electron chi connectivity index (χ0n) is 10.4. The second-order valence-corrected chi connectivity index (χ2v) is 5.02. The second kappa shape index (κ2) is 3.43. The average Bonchev–Trinajstić information content (AvgIpc) is 2.70. The third-order valence-corrected chi connectivity index (χ3v) is 2.57. The largest absolute Gasteiger partial charge is 0.331 e. The van der Waals surface area contributed by atoms with Crippen LogP contribution in [-0.2, 0) is 19.5 Å². The molecule has 0 unspecified atom stereocenters. The molecule has 0 radical (unpaired) electrons. The van der Waals surface area contributed by atoms with E-state index in [2.05, 4.69) is 36.0 Å². The molecule has 2 heterocycles. The smallest absolute Gasteiger partial charge is 0.199 e. The van der Waals surface area contributed by atoms with Crippen LogP contribution in [0.1, 0.15) is 26.6 Å². The van der Waals surface area contributed by atoms with Gasteiger partial charge in [0.25, 0.3) is 0 Å². The summed E-state index contributed by atoms with van der Waals surface area (Å²) in [5, 5.41) is 8.46. The molecule has 2 aromatic heterocycles. The minimum absolute atomic E-state index is 0.00877. The Morgan fingerprint density at radius 2 is 1.75 bits per heavy atom. The highest BCUT2D eigenvalue weighted by atomic mass is 15.3. The first-order valence-electron chi connectivity index (χ1n) is 5.29. The van der Waals surface area contributed by atoms with Gasteiger partial charge in [0.05, 0.1) is 0 Å². The van der Waals surface area contributed by atoms with E-state index in [0.29, 0.717) is 0 Å². The molecule has 0 atom stereocenters. The molecule has 86 valence electrons. The molecule has 0 aliphatic rings. The Kier molecular flexibility index (Phi) is 2.33. The van der Waals surface area contributed by atoms with Gasteiger partial charge < -0.3 is 9.13 Å². The van der Waals surface area contributed by atoms with Crippen molar-refractivity contribution in [3.8, 4) is 11.6 Å². The van der Waals surface area contributed by atoms with E-state index >= 15 is 0 Å². The maximum absolute atomic E-state index is 4.28. The zero-order chi connectivity index (χ0) is 11.9. The predicted molar refractivity (Wildman–Crippen MR) is 61.9 cm³/mol. The molecule has 0 spiro atoms. The average molecular weight is 219 g/mol. The van der Waals surface area contributed by atoms with E-state index in [1.165, 1.54) is 0 Å². The number of aromatic nitrogens is 5. The lowest BCUT2D eigenvalue weighted by molar-refractivity contribution is 0.521. The van der Waals surface area contributed by atoms with Gasteiger partial charge >= 0.3 is 0 Å². The van der Waals surface area contributed by atoms with Gasteiger partial charge in [-0.15, -0.1) is 10.2 Å². The molecule has 0 amide bonds. The van der Waals surface area contributed by atoms with Crippen molar-refractivity contribution in [2.45, 2.75) is 26.2 Å². The van der Waals surface area contributed by atoms with Gasteiger partial charge in [-0.1, -0.05) is 20.8 Å². The molecule has 0 saturated carbocycles. The number of rotatable bonds is 1. The van der Waals surface area contributed by atoms with Crippen molar-refractivity contribution in [2.24, 2.45) is 14.1 Å². The molecular formula is C11H17N5. The van der Waals surface area contributed by atoms with Crippen LogP contribution in [0.2, 0.25) is 0 Å². The number of nitrogens with zero attached hydrogens (tertiary/aromatic N) is 5. The Labute approximate surface area is 95.1 Å². The Balaban J connectivity index is 2.54. The Bertz CT molecular complexity index is 501.